The van der Waals surface area contributed by atoms with Crippen molar-refractivity contribution in [2.45, 2.75) is 45.6 Å². The van der Waals surface area contributed by atoms with Gasteiger partial charge in [0.05, 0.1) is 0 Å². The summed E-state index contributed by atoms with van der Waals surface area (Å²) in [6.07, 6.45) is 4.64. The van der Waals surface area contributed by atoms with Gasteiger partial charge in [0.25, 0.3) is 5.91 Å². The minimum atomic E-state index is -0.0388. The fourth-order valence-electron chi connectivity index (χ4n) is 2.82. The Balaban J connectivity index is 2.12. The number of rotatable bonds is 3. The molecule has 3 nitrogen and oxygen atoms in total. The quantitative estimate of drug-likeness (QED) is 0.841. The molecule has 1 fully saturated rings. The summed E-state index contributed by atoms with van der Waals surface area (Å²) in [6, 6.07) is 7.43. The lowest BCUT2D eigenvalue weighted by molar-refractivity contribution is 0.0853. The van der Waals surface area contributed by atoms with Crippen LogP contribution in [-0.4, -0.2) is 16.9 Å². The lowest BCUT2D eigenvalue weighted by Gasteiger charge is -2.39. The fraction of sp³-hybridized carbons (Fsp3) is 0.500. The molecular weight excluding hydrogens is 268 g/mol. The average molecular weight is 290 g/mol. The number of benzene rings is 1. The molecule has 1 aromatic rings. The van der Waals surface area contributed by atoms with Crippen LogP contribution in [0.25, 0.3) is 0 Å². The predicted molar refractivity (Wildman–Crippen MR) is 85.8 cm³/mol. The van der Waals surface area contributed by atoms with Crippen LogP contribution in [0.1, 0.15) is 55.5 Å². The average Bonchev–Trinajstić information content (AvgIpc) is 2.41. The van der Waals surface area contributed by atoms with Gasteiger partial charge in [-0.25, -0.2) is 0 Å². The first kappa shape index (κ1) is 15.0. The van der Waals surface area contributed by atoms with Gasteiger partial charge in [0.15, 0.2) is 0 Å². The summed E-state index contributed by atoms with van der Waals surface area (Å²) in [5.41, 5.74) is 7.13. The minimum Gasteiger partial charge on any atom is -0.389 e. The third-order valence-electron chi connectivity index (χ3n) is 4.22. The number of carbonyl (C=O) groups is 1. The van der Waals surface area contributed by atoms with E-state index in [0.29, 0.717) is 10.6 Å². The molecule has 1 saturated carbocycles. The van der Waals surface area contributed by atoms with Crippen LogP contribution in [0.3, 0.4) is 0 Å². The number of nitrogens with two attached hydrogens (primary N) is 1. The Hall–Kier alpha value is -1.42. The van der Waals surface area contributed by atoms with Gasteiger partial charge < -0.3 is 11.1 Å². The zero-order valence-electron chi connectivity index (χ0n) is 12.1. The van der Waals surface area contributed by atoms with E-state index in [4.69, 9.17) is 18.0 Å². The van der Waals surface area contributed by atoms with Crippen LogP contribution in [0.4, 0.5) is 0 Å². The summed E-state index contributed by atoms with van der Waals surface area (Å²) in [4.78, 5) is 12.7. The van der Waals surface area contributed by atoms with Crippen molar-refractivity contribution >= 4 is 23.1 Å². The number of carbonyl (C=O) groups excluding carboxylic acids is 1. The van der Waals surface area contributed by atoms with E-state index in [0.717, 1.165) is 18.4 Å². The van der Waals surface area contributed by atoms with Gasteiger partial charge >= 0.3 is 0 Å². The zero-order valence-corrected chi connectivity index (χ0v) is 12.9. The molecule has 0 aromatic heterocycles. The van der Waals surface area contributed by atoms with Crippen LogP contribution >= 0.6 is 12.2 Å². The Morgan fingerprint density at radius 2 is 2.05 bits per heavy atom. The van der Waals surface area contributed by atoms with Crippen molar-refractivity contribution in [3.05, 3.63) is 35.4 Å². The summed E-state index contributed by atoms with van der Waals surface area (Å²) in [5.74, 6) is -0.0388. The molecule has 4 heteroatoms. The second-order valence-corrected chi connectivity index (χ2v) is 6.65. The van der Waals surface area contributed by atoms with E-state index in [9.17, 15) is 4.79 Å². The van der Waals surface area contributed by atoms with E-state index in [2.05, 4.69) is 19.2 Å². The maximum atomic E-state index is 12.4. The van der Waals surface area contributed by atoms with Crippen LogP contribution in [0.5, 0.6) is 0 Å². The van der Waals surface area contributed by atoms with Crippen molar-refractivity contribution in [1.29, 1.82) is 0 Å². The summed E-state index contributed by atoms with van der Waals surface area (Å²) in [6.45, 7) is 4.45. The topological polar surface area (TPSA) is 55.1 Å². The Morgan fingerprint density at radius 3 is 2.70 bits per heavy atom. The Labute approximate surface area is 125 Å². The second-order valence-electron chi connectivity index (χ2n) is 6.21. The molecule has 1 unspecified atom stereocenters. The highest BCUT2D eigenvalue weighted by atomic mass is 32.1. The first-order chi connectivity index (χ1) is 9.40. The molecule has 1 amide bonds. The minimum absolute atomic E-state index is 0.0388. The molecule has 0 saturated heterocycles. The number of nitrogens with one attached hydrogen (secondary N) is 1. The summed E-state index contributed by atoms with van der Waals surface area (Å²) in [7, 11) is 0. The van der Waals surface area contributed by atoms with Crippen LogP contribution in [0.2, 0.25) is 0 Å². The maximum absolute atomic E-state index is 12.4. The van der Waals surface area contributed by atoms with E-state index in [1.54, 1.807) is 12.1 Å². The van der Waals surface area contributed by atoms with Crippen LogP contribution < -0.4 is 11.1 Å². The van der Waals surface area contributed by atoms with Crippen molar-refractivity contribution < 1.29 is 4.79 Å². The number of amides is 1. The molecule has 1 aromatic carbocycles. The monoisotopic (exact) mass is 290 g/mol. The van der Waals surface area contributed by atoms with Crippen LogP contribution in [0.15, 0.2) is 24.3 Å². The normalized spacial score (nSPS) is 21.2. The summed E-state index contributed by atoms with van der Waals surface area (Å²) < 4.78 is 0. The Bertz CT molecular complexity index is 525. The molecule has 0 radical (unpaired) electrons. The van der Waals surface area contributed by atoms with Crippen molar-refractivity contribution in [3.63, 3.8) is 0 Å². The molecule has 1 aliphatic rings. The Morgan fingerprint density at radius 1 is 1.35 bits per heavy atom. The molecule has 1 atom stereocenters. The third-order valence-corrected chi connectivity index (χ3v) is 4.46. The zero-order chi connectivity index (χ0) is 14.8. The van der Waals surface area contributed by atoms with E-state index in [1.807, 2.05) is 12.1 Å². The predicted octanol–water partition coefficient (Wildman–Crippen LogP) is 3.02. The van der Waals surface area contributed by atoms with Crippen molar-refractivity contribution in [3.8, 4) is 0 Å². The van der Waals surface area contributed by atoms with Gasteiger partial charge in [0, 0.05) is 17.2 Å². The Kier molecular flexibility index (Phi) is 4.43. The van der Waals surface area contributed by atoms with Crippen LogP contribution in [0, 0.1) is 5.41 Å². The van der Waals surface area contributed by atoms with Crippen molar-refractivity contribution in [1.82, 2.24) is 5.32 Å². The standard InChI is InChI=1S/C16H22N2OS/c1-16(2)9-4-3-8-13(16)18-15(19)12-7-5-6-11(10-12)14(17)20/h5-7,10,13H,3-4,8-9H2,1-2H3,(H2,17,20)(H,18,19). The largest absolute Gasteiger partial charge is 0.389 e. The maximum Gasteiger partial charge on any atom is 0.251 e. The highest BCUT2D eigenvalue weighted by Gasteiger charge is 2.33. The summed E-state index contributed by atoms with van der Waals surface area (Å²) in [5, 5.41) is 3.17. The molecule has 0 heterocycles. The number of hydrogen-bond donors (Lipinski definition) is 2. The lowest BCUT2D eigenvalue weighted by atomic mass is 9.73. The smallest absolute Gasteiger partial charge is 0.251 e. The van der Waals surface area contributed by atoms with Gasteiger partial charge in [0.2, 0.25) is 0 Å². The molecule has 3 N–H and O–H groups in total. The summed E-state index contributed by atoms with van der Waals surface area (Å²) >= 11 is 4.95. The van der Waals surface area contributed by atoms with Gasteiger partial charge in [-0.1, -0.05) is 51.0 Å². The SMILES string of the molecule is CC1(C)CCCCC1NC(=O)c1cccc(C(N)=S)c1. The van der Waals surface area contributed by atoms with Gasteiger partial charge in [-0.3, -0.25) is 4.79 Å². The van der Waals surface area contributed by atoms with E-state index < -0.39 is 0 Å². The molecule has 0 spiro atoms. The van der Waals surface area contributed by atoms with Gasteiger partial charge in [-0.2, -0.15) is 0 Å². The second kappa shape index (κ2) is 5.92. The van der Waals surface area contributed by atoms with Gasteiger partial charge in [-0.05, 0) is 30.4 Å². The van der Waals surface area contributed by atoms with Crippen molar-refractivity contribution in [2.24, 2.45) is 11.1 Å². The number of hydrogen-bond acceptors (Lipinski definition) is 2. The van der Waals surface area contributed by atoms with Gasteiger partial charge in [0.1, 0.15) is 4.99 Å². The molecule has 0 bridgehead atoms. The number of thiocarbonyl (C=S) groups is 1. The van der Waals surface area contributed by atoms with E-state index >= 15 is 0 Å². The van der Waals surface area contributed by atoms with Gasteiger partial charge in [-0.15, -0.1) is 0 Å². The first-order valence-corrected chi connectivity index (χ1v) is 7.52. The van der Waals surface area contributed by atoms with E-state index in [-0.39, 0.29) is 17.4 Å². The highest BCUT2D eigenvalue weighted by Crippen LogP contribution is 2.35. The molecular formula is C16H22N2OS. The first-order valence-electron chi connectivity index (χ1n) is 7.11. The van der Waals surface area contributed by atoms with Crippen molar-refractivity contribution in [2.75, 3.05) is 0 Å². The highest BCUT2D eigenvalue weighted by molar-refractivity contribution is 7.80. The van der Waals surface area contributed by atoms with Crippen LogP contribution in [-0.2, 0) is 0 Å². The molecule has 2 rings (SSSR count). The molecule has 0 aliphatic heterocycles. The third kappa shape index (κ3) is 3.37. The molecule has 108 valence electrons. The molecule has 1 aliphatic carbocycles. The van der Waals surface area contributed by atoms with E-state index in [1.165, 1.54) is 12.8 Å². The fourth-order valence-corrected chi connectivity index (χ4v) is 2.94. The molecule has 20 heavy (non-hydrogen) atoms. The lowest BCUT2D eigenvalue weighted by Crippen LogP contribution is -2.46.